The van der Waals surface area contributed by atoms with Crippen molar-refractivity contribution in [2.45, 2.75) is 12.5 Å². The molecule has 1 atom stereocenters. The number of hydrogen-bond acceptors (Lipinski definition) is 5. The number of aryl methyl sites for hydroxylation is 1. The first-order valence-corrected chi connectivity index (χ1v) is 6.87. The molecule has 7 heteroatoms. The molecule has 0 saturated carbocycles. The first kappa shape index (κ1) is 14.4. The molecule has 2 N–H and O–H groups in total. The van der Waals surface area contributed by atoms with Gasteiger partial charge in [0, 0.05) is 18.0 Å². The molecule has 1 unspecified atom stereocenters. The van der Waals surface area contributed by atoms with Crippen molar-refractivity contribution >= 4 is 17.2 Å². The number of thiophene rings is 1. The first-order chi connectivity index (χ1) is 9.40. The molecule has 2 aromatic heterocycles. The SMILES string of the molecule is Cn1nc(C(=O)NCC(C)(O)c2cccs2)ccc1=O. The number of rotatable bonds is 4. The molecule has 0 fully saturated rings. The van der Waals surface area contributed by atoms with Gasteiger partial charge in [-0.1, -0.05) is 6.07 Å². The molecule has 1 amide bonds. The van der Waals surface area contributed by atoms with Gasteiger partial charge in [0.05, 0.1) is 6.54 Å². The van der Waals surface area contributed by atoms with E-state index < -0.39 is 11.5 Å². The summed E-state index contributed by atoms with van der Waals surface area (Å²) in [6.07, 6.45) is 0. The van der Waals surface area contributed by atoms with Gasteiger partial charge in [-0.3, -0.25) is 9.59 Å². The van der Waals surface area contributed by atoms with Gasteiger partial charge in [0.1, 0.15) is 11.3 Å². The molecule has 6 nitrogen and oxygen atoms in total. The fourth-order valence-electron chi connectivity index (χ4n) is 1.64. The van der Waals surface area contributed by atoms with Crippen molar-refractivity contribution in [1.29, 1.82) is 0 Å². The maximum atomic E-state index is 11.9. The molecule has 0 aromatic carbocycles. The minimum absolute atomic E-state index is 0.0663. The van der Waals surface area contributed by atoms with E-state index in [-0.39, 0.29) is 17.8 Å². The van der Waals surface area contributed by atoms with Crippen LogP contribution in [0.3, 0.4) is 0 Å². The van der Waals surface area contributed by atoms with E-state index >= 15 is 0 Å². The maximum absolute atomic E-state index is 11.9. The van der Waals surface area contributed by atoms with Crippen LogP contribution in [0, 0.1) is 0 Å². The Hall–Kier alpha value is -1.99. The molecular weight excluding hydrogens is 278 g/mol. The van der Waals surface area contributed by atoms with Crippen molar-refractivity contribution in [2.24, 2.45) is 7.05 Å². The lowest BCUT2D eigenvalue weighted by Crippen LogP contribution is -2.39. The van der Waals surface area contributed by atoms with Gasteiger partial charge in [0.15, 0.2) is 0 Å². The number of nitrogens with one attached hydrogen (secondary N) is 1. The van der Waals surface area contributed by atoms with Crippen molar-refractivity contribution in [2.75, 3.05) is 6.54 Å². The average molecular weight is 293 g/mol. The minimum Gasteiger partial charge on any atom is -0.383 e. The van der Waals surface area contributed by atoms with E-state index in [0.29, 0.717) is 0 Å². The van der Waals surface area contributed by atoms with Crippen LogP contribution < -0.4 is 10.9 Å². The number of hydrogen-bond donors (Lipinski definition) is 2. The Bertz CT molecular complexity index is 662. The Balaban J connectivity index is 2.05. The van der Waals surface area contributed by atoms with Crippen molar-refractivity contribution < 1.29 is 9.90 Å². The highest BCUT2D eigenvalue weighted by Crippen LogP contribution is 2.24. The van der Waals surface area contributed by atoms with E-state index in [4.69, 9.17) is 0 Å². The zero-order valence-corrected chi connectivity index (χ0v) is 12.0. The lowest BCUT2D eigenvalue weighted by atomic mass is 10.1. The predicted octanol–water partition coefficient (Wildman–Crippen LogP) is 0.479. The van der Waals surface area contributed by atoms with Gasteiger partial charge >= 0.3 is 0 Å². The Morgan fingerprint density at radius 3 is 2.85 bits per heavy atom. The Morgan fingerprint density at radius 2 is 2.25 bits per heavy atom. The molecule has 0 radical (unpaired) electrons. The van der Waals surface area contributed by atoms with Crippen LogP contribution in [0.5, 0.6) is 0 Å². The van der Waals surface area contributed by atoms with Gasteiger partial charge in [0.25, 0.3) is 11.5 Å². The van der Waals surface area contributed by atoms with Gasteiger partial charge < -0.3 is 10.4 Å². The van der Waals surface area contributed by atoms with E-state index in [0.717, 1.165) is 9.56 Å². The normalized spacial score (nSPS) is 13.8. The number of carbonyl (C=O) groups excluding carboxylic acids is 1. The molecule has 106 valence electrons. The number of amides is 1. The van der Waals surface area contributed by atoms with Crippen LogP contribution in [0.15, 0.2) is 34.4 Å². The largest absolute Gasteiger partial charge is 0.383 e. The van der Waals surface area contributed by atoms with Gasteiger partial charge in [-0.15, -0.1) is 11.3 Å². The summed E-state index contributed by atoms with van der Waals surface area (Å²) < 4.78 is 1.09. The lowest BCUT2D eigenvalue weighted by molar-refractivity contribution is 0.0554. The van der Waals surface area contributed by atoms with Crippen LogP contribution in [0.25, 0.3) is 0 Å². The van der Waals surface area contributed by atoms with Crippen molar-refractivity contribution in [3.63, 3.8) is 0 Å². The minimum atomic E-state index is -1.13. The first-order valence-electron chi connectivity index (χ1n) is 5.99. The zero-order valence-electron chi connectivity index (χ0n) is 11.2. The van der Waals surface area contributed by atoms with Crippen LogP contribution in [-0.2, 0) is 12.6 Å². The topological polar surface area (TPSA) is 84.2 Å². The molecule has 0 aliphatic heterocycles. The molecule has 0 saturated heterocycles. The van der Waals surface area contributed by atoms with Gasteiger partial charge in [-0.2, -0.15) is 5.10 Å². The monoisotopic (exact) mass is 293 g/mol. The van der Waals surface area contributed by atoms with Crippen LogP contribution in [-0.4, -0.2) is 27.3 Å². The summed E-state index contributed by atoms with van der Waals surface area (Å²) in [7, 11) is 1.47. The van der Waals surface area contributed by atoms with Crippen LogP contribution in [0.4, 0.5) is 0 Å². The highest BCUT2D eigenvalue weighted by Gasteiger charge is 2.25. The molecule has 2 aromatic rings. The highest BCUT2D eigenvalue weighted by molar-refractivity contribution is 7.10. The van der Waals surface area contributed by atoms with Crippen LogP contribution >= 0.6 is 11.3 Å². The Labute approximate surface area is 119 Å². The van der Waals surface area contributed by atoms with E-state index in [1.54, 1.807) is 13.0 Å². The van der Waals surface area contributed by atoms with E-state index in [9.17, 15) is 14.7 Å². The summed E-state index contributed by atoms with van der Waals surface area (Å²) in [5.41, 5.74) is -1.29. The third kappa shape index (κ3) is 3.12. The molecule has 20 heavy (non-hydrogen) atoms. The Morgan fingerprint density at radius 1 is 1.50 bits per heavy atom. The van der Waals surface area contributed by atoms with Crippen molar-refractivity contribution in [1.82, 2.24) is 15.1 Å². The second-order valence-electron chi connectivity index (χ2n) is 4.61. The van der Waals surface area contributed by atoms with Gasteiger partial charge in [0.2, 0.25) is 0 Å². The fourth-order valence-corrected chi connectivity index (χ4v) is 2.43. The highest BCUT2D eigenvalue weighted by atomic mass is 32.1. The van der Waals surface area contributed by atoms with Crippen molar-refractivity contribution in [3.8, 4) is 0 Å². The molecule has 2 heterocycles. The number of nitrogens with zero attached hydrogens (tertiary/aromatic N) is 2. The summed E-state index contributed by atoms with van der Waals surface area (Å²) in [6, 6.07) is 6.28. The molecule has 0 spiro atoms. The predicted molar refractivity (Wildman–Crippen MR) is 75.7 cm³/mol. The van der Waals surface area contributed by atoms with Crippen LogP contribution in [0.2, 0.25) is 0 Å². The summed E-state index contributed by atoms with van der Waals surface area (Å²) in [5, 5.41) is 18.6. The summed E-state index contributed by atoms with van der Waals surface area (Å²) in [4.78, 5) is 23.9. The van der Waals surface area contributed by atoms with E-state index in [1.807, 2.05) is 11.4 Å². The third-order valence-electron chi connectivity index (χ3n) is 2.84. The van der Waals surface area contributed by atoms with Gasteiger partial charge in [-0.05, 0) is 24.4 Å². The van der Waals surface area contributed by atoms with E-state index in [2.05, 4.69) is 10.4 Å². The average Bonchev–Trinajstić information content (AvgIpc) is 2.94. The second kappa shape index (κ2) is 5.56. The maximum Gasteiger partial charge on any atom is 0.271 e. The van der Waals surface area contributed by atoms with Crippen molar-refractivity contribution in [3.05, 3.63) is 50.6 Å². The molecular formula is C13H15N3O3S. The summed E-state index contributed by atoms with van der Waals surface area (Å²) >= 11 is 1.42. The standard InChI is InChI=1S/C13H15N3O3S/c1-13(19,10-4-3-7-20-10)8-14-12(18)9-5-6-11(17)16(2)15-9/h3-7,19H,8H2,1-2H3,(H,14,18). The third-order valence-corrected chi connectivity index (χ3v) is 3.96. The number of carbonyl (C=O) groups is 1. The fraction of sp³-hybridized carbons (Fsp3) is 0.308. The lowest BCUT2D eigenvalue weighted by Gasteiger charge is -2.22. The van der Waals surface area contributed by atoms with Crippen LogP contribution in [0.1, 0.15) is 22.3 Å². The van der Waals surface area contributed by atoms with Gasteiger partial charge in [-0.25, -0.2) is 4.68 Å². The quantitative estimate of drug-likeness (QED) is 0.858. The summed E-state index contributed by atoms with van der Waals surface area (Å²) in [5.74, 6) is -0.433. The smallest absolute Gasteiger partial charge is 0.271 e. The zero-order chi connectivity index (χ0) is 14.8. The number of aliphatic hydroxyl groups is 1. The molecule has 0 bridgehead atoms. The number of aromatic nitrogens is 2. The van der Waals surface area contributed by atoms with E-state index in [1.165, 1.54) is 30.5 Å². The molecule has 2 rings (SSSR count). The second-order valence-corrected chi connectivity index (χ2v) is 5.56. The summed E-state index contributed by atoms with van der Waals surface area (Å²) in [6.45, 7) is 1.70. The molecule has 0 aliphatic carbocycles. The Kier molecular flexibility index (Phi) is 4.01. The molecule has 0 aliphatic rings.